The summed E-state index contributed by atoms with van der Waals surface area (Å²) < 4.78 is 5.41. The average Bonchev–Trinajstić information content (AvgIpc) is 3.14. The number of hydrogen-bond acceptors (Lipinski definition) is 5. The molecule has 1 saturated heterocycles. The second kappa shape index (κ2) is 7.92. The molecule has 2 aromatic carbocycles. The van der Waals surface area contributed by atoms with Crippen LogP contribution in [0, 0.1) is 0 Å². The molecule has 0 radical (unpaired) electrons. The first kappa shape index (κ1) is 18.8. The molecular formula is C24H20ClN3O2. The fourth-order valence-electron chi connectivity index (χ4n) is 3.86. The summed E-state index contributed by atoms with van der Waals surface area (Å²) in [7, 11) is 0. The molecule has 0 amide bonds. The molecule has 0 spiro atoms. The Morgan fingerprint density at radius 3 is 2.57 bits per heavy atom. The first-order valence-electron chi connectivity index (χ1n) is 10.1. The molecule has 5 rings (SSSR count). The van der Waals surface area contributed by atoms with E-state index in [1.54, 1.807) is 30.3 Å². The van der Waals surface area contributed by atoms with Gasteiger partial charge >= 0.3 is 5.97 Å². The third-order valence-corrected chi connectivity index (χ3v) is 5.64. The number of pyridine rings is 1. The van der Waals surface area contributed by atoms with Crippen LogP contribution >= 0.6 is 11.6 Å². The van der Waals surface area contributed by atoms with Crippen molar-refractivity contribution >= 4 is 46.3 Å². The lowest BCUT2D eigenvalue weighted by Crippen LogP contribution is -2.30. The number of hydrogen-bond donors (Lipinski definition) is 0. The number of rotatable bonds is 3. The predicted octanol–water partition coefficient (Wildman–Crippen LogP) is 5.22. The second-order valence-corrected chi connectivity index (χ2v) is 7.92. The van der Waals surface area contributed by atoms with Gasteiger partial charge in [0.15, 0.2) is 5.70 Å². The number of halogens is 1. The zero-order valence-corrected chi connectivity index (χ0v) is 17.1. The van der Waals surface area contributed by atoms with E-state index in [1.807, 2.05) is 24.3 Å². The Bertz CT molecular complexity index is 1180. The minimum absolute atomic E-state index is 0.273. The van der Waals surface area contributed by atoms with Crippen molar-refractivity contribution < 1.29 is 9.53 Å². The fraction of sp³-hybridized carbons (Fsp3) is 0.208. The molecule has 0 N–H and O–H groups in total. The van der Waals surface area contributed by atoms with Gasteiger partial charge in [-0.15, -0.1) is 0 Å². The van der Waals surface area contributed by atoms with Gasteiger partial charge in [0.05, 0.1) is 5.52 Å². The van der Waals surface area contributed by atoms with Crippen LogP contribution in [-0.2, 0) is 9.53 Å². The topological polar surface area (TPSA) is 54.8 Å². The molecule has 1 aromatic heterocycles. The van der Waals surface area contributed by atoms with Gasteiger partial charge in [-0.05, 0) is 61.7 Å². The summed E-state index contributed by atoms with van der Waals surface area (Å²) in [5.41, 5.74) is 2.81. The number of esters is 1. The third-order valence-electron chi connectivity index (χ3n) is 5.39. The van der Waals surface area contributed by atoms with Gasteiger partial charge in [-0.25, -0.2) is 14.8 Å². The van der Waals surface area contributed by atoms with Gasteiger partial charge in [-0.1, -0.05) is 29.8 Å². The van der Waals surface area contributed by atoms with E-state index in [1.165, 1.54) is 6.42 Å². The van der Waals surface area contributed by atoms with Crippen molar-refractivity contribution in [1.82, 2.24) is 4.98 Å². The number of para-hydroxylation sites is 1. The summed E-state index contributed by atoms with van der Waals surface area (Å²) in [6.07, 6.45) is 5.31. The van der Waals surface area contributed by atoms with E-state index in [9.17, 15) is 4.79 Å². The van der Waals surface area contributed by atoms with Crippen molar-refractivity contribution in [2.45, 2.75) is 19.3 Å². The van der Waals surface area contributed by atoms with Gasteiger partial charge < -0.3 is 9.64 Å². The first-order valence-corrected chi connectivity index (χ1v) is 10.5. The van der Waals surface area contributed by atoms with Crippen LogP contribution in [0.4, 0.5) is 5.82 Å². The summed E-state index contributed by atoms with van der Waals surface area (Å²) in [6.45, 7) is 1.93. The number of nitrogens with zero attached hydrogens (tertiary/aromatic N) is 3. The molecule has 1 fully saturated rings. The van der Waals surface area contributed by atoms with Crippen molar-refractivity contribution in [3.05, 3.63) is 76.4 Å². The Morgan fingerprint density at radius 1 is 1.00 bits per heavy atom. The lowest BCUT2D eigenvalue weighted by molar-refractivity contribution is -0.129. The number of carbonyl (C=O) groups excluding carboxylic acids is 1. The molecule has 5 nitrogen and oxygen atoms in total. The molecular weight excluding hydrogens is 398 g/mol. The van der Waals surface area contributed by atoms with Gasteiger partial charge in [-0.3, -0.25) is 0 Å². The van der Waals surface area contributed by atoms with Crippen LogP contribution in [0.1, 0.15) is 30.4 Å². The number of carbonyl (C=O) groups is 1. The number of ether oxygens (including phenoxy) is 1. The maximum Gasteiger partial charge on any atom is 0.363 e. The van der Waals surface area contributed by atoms with E-state index in [4.69, 9.17) is 21.3 Å². The minimum atomic E-state index is -0.460. The number of cyclic esters (lactones) is 1. The maximum atomic E-state index is 12.5. The normalized spacial score (nSPS) is 18.0. The quantitative estimate of drug-likeness (QED) is 0.433. The molecule has 3 heterocycles. The standard InChI is InChI=1S/C24H20ClN3O2/c25-19-10-8-16(9-11-19)23-27-21(24(29)30-23)15-18-14-17-6-2-3-7-20(17)26-22(18)28-12-4-1-5-13-28/h2-3,6-11,14-15H,1,4-5,12-13H2/b21-15+. The highest BCUT2D eigenvalue weighted by Crippen LogP contribution is 2.29. The molecule has 0 atom stereocenters. The Kier molecular flexibility index (Phi) is 4.97. The van der Waals surface area contributed by atoms with Gasteiger partial charge in [-0.2, -0.15) is 0 Å². The van der Waals surface area contributed by atoms with Crippen molar-refractivity contribution in [2.75, 3.05) is 18.0 Å². The number of aromatic nitrogens is 1. The molecule has 6 heteroatoms. The highest BCUT2D eigenvalue weighted by atomic mass is 35.5. The van der Waals surface area contributed by atoms with Crippen molar-refractivity contribution in [1.29, 1.82) is 0 Å². The van der Waals surface area contributed by atoms with Gasteiger partial charge in [0, 0.05) is 34.6 Å². The van der Waals surface area contributed by atoms with E-state index >= 15 is 0 Å². The SMILES string of the molecule is O=C1OC(c2ccc(Cl)cc2)=N/C1=C/c1cc2ccccc2nc1N1CCCCC1. The number of fused-ring (bicyclic) bond motifs is 1. The summed E-state index contributed by atoms with van der Waals surface area (Å²) in [5, 5.41) is 1.64. The van der Waals surface area contributed by atoms with Crippen LogP contribution in [0.2, 0.25) is 5.02 Å². The Labute approximate surface area is 179 Å². The smallest absolute Gasteiger partial charge is 0.363 e. The molecule has 2 aliphatic heterocycles. The summed E-state index contributed by atoms with van der Waals surface area (Å²) in [5.74, 6) is 0.720. The van der Waals surface area contributed by atoms with Gasteiger partial charge in [0.25, 0.3) is 0 Å². The second-order valence-electron chi connectivity index (χ2n) is 7.48. The molecule has 3 aromatic rings. The molecule has 0 aliphatic carbocycles. The van der Waals surface area contributed by atoms with Gasteiger partial charge in [0.1, 0.15) is 5.82 Å². The number of benzene rings is 2. The first-order chi connectivity index (χ1) is 14.7. The largest absolute Gasteiger partial charge is 0.402 e. The molecule has 2 aliphatic rings. The molecule has 0 saturated carbocycles. The summed E-state index contributed by atoms with van der Waals surface area (Å²) in [4.78, 5) is 24.2. The number of piperidine rings is 1. The van der Waals surface area contributed by atoms with Crippen LogP contribution in [0.3, 0.4) is 0 Å². The molecule has 0 bridgehead atoms. The Hall–Kier alpha value is -3.18. The van der Waals surface area contributed by atoms with E-state index in [0.717, 1.165) is 48.2 Å². The predicted molar refractivity (Wildman–Crippen MR) is 120 cm³/mol. The molecule has 30 heavy (non-hydrogen) atoms. The molecule has 150 valence electrons. The van der Waals surface area contributed by atoms with E-state index in [2.05, 4.69) is 16.0 Å². The highest BCUT2D eigenvalue weighted by molar-refractivity contribution is 6.30. The van der Waals surface area contributed by atoms with Crippen molar-refractivity contribution in [3.63, 3.8) is 0 Å². The maximum absolute atomic E-state index is 12.5. The van der Waals surface area contributed by atoms with Gasteiger partial charge in [0.2, 0.25) is 5.90 Å². The van der Waals surface area contributed by atoms with E-state index < -0.39 is 5.97 Å². The summed E-state index contributed by atoms with van der Waals surface area (Å²) >= 11 is 5.95. The zero-order valence-electron chi connectivity index (χ0n) is 16.3. The third kappa shape index (κ3) is 3.68. The van der Waals surface area contributed by atoms with Crippen molar-refractivity contribution in [2.24, 2.45) is 4.99 Å². The van der Waals surface area contributed by atoms with Crippen molar-refractivity contribution in [3.8, 4) is 0 Å². The Balaban J connectivity index is 1.58. The monoisotopic (exact) mass is 417 g/mol. The number of aliphatic imine (C=N–C) groups is 1. The highest BCUT2D eigenvalue weighted by Gasteiger charge is 2.25. The fourth-order valence-corrected chi connectivity index (χ4v) is 3.99. The van der Waals surface area contributed by atoms with E-state index in [-0.39, 0.29) is 11.6 Å². The zero-order chi connectivity index (χ0) is 20.5. The Morgan fingerprint density at radius 2 is 1.77 bits per heavy atom. The number of anilines is 1. The van der Waals surface area contributed by atoms with Crippen LogP contribution in [0.5, 0.6) is 0 Å². The summed E-state index contributed by atoms with van der Waals surface area (Å²) in [6, 6.07) is 17.2. The minimum Gasteiger partial charge on any atom is -0.402 e. The molecule has 0 unspecified atom stereocenters. The van der Waals surface area contributed by atoms with Crippen LogP contribution < -0.4 is 4.90 Å². The average molecular weight is 418 g/mol. The van der Waals surface area contributed by atoms with Crippen LogP contribution in [0.15, 0.2) is 65.3 Å². The van der Waals surface area contributed by atoms with Crippen LogP contribution in [-0.4, -0.2) is 29.9 Å². The van der Waals surface area contributed by atoms with Crippen LogP contribution in [0.25, 0.3) is 17.0 Å². The lowest BCUT2D eigenvalue weighted by atomic mass is 10.1. The van der Waals surface area contributed by atoms with E-state index in [0.29, 0.717) is 10.6 Å². The lowest BCUT2D eigenvalue weighted by Gasteiger charge is -2.29.